The van der Waals surface area contributed by atoms with Crippen LogP contribution < -0.4 is 5.32 Å². The van der Waals surface area contributed by atoms with E-state index in [2.05, 4.69) is 5.32 Å². The Hall–Kier alpha value is -0.910. The minimum absolute atomic E-state index is 0.138. The predicted molar refractivity (Wildman–Crippen MR) is 67.3 cm³/mol. The molecule has 110 valence electrons. The third-order valence-electron chi connectivity index (χ3n) is 3.80. The first kappa shape index (κ1) is 14.5. The number of carbonyl (C=O) groups excluding carboxylic acids is 1. The van der Waals surface area contributed by atoms with Gasteiger partial charge in [-0.3, -0.25) is 4.90 Å². The fourth-order valence-corrected chi connectivity index (χ4v) is 2.90. The summed E-state index contributed by atoms with van der Waals surface area (Å²) >= 11 is 0. The van der Waals surface area contributed by atoms with Gasteiger partial charge in [0, 0.05) is 13.1 Å². The lowest BCUT2D eigenvalue weighted by Crippen LogP contribution is -2.64. The lowest BCUT2D eigenvalue weighted by atomic mass is 9.83. The van der Waals surface area contributed by atoms with Crippen molar-refractivity contribution in [2.24, 2.45) is 0 Å². The highest BCUT2D eigenvalue weighted by molar-refractivity contribution is 5.70. The third-order valence-corrected chi connectivity index (χ3v) is 3.80. The Kier molecular flexibility index (Phi) is 3.49. The second-order valence-electron chi connectivity index (χ2n) is 6.43. The molecule has 1 amide bonds. The Morgan fingerprint density at radius 1 is 1.26 bits per heavy atom. The van der Waals surface area contributed by atoms with Crippen LogP contribution in [-0.2, 0) is 4.74 Å². The molecule has 1 N–H and O–H groups in total. The van der Waals surface area contributed by atoms with E-state index in [0.717, 1.165) is 12.8 Å². The summed E-state index contributed by atoms with van der Waals surface area (Å²) in [5.74, 6) is -2.90. The van der Waals surface area contributed by atoms with E-state index in [0.29, 0.717) is 13.0 Å². The van der Waals surface area contributed by atoms with Crippen LogP contribution in [0.3, 0.4) is 0 Å². The number of halogens is 2. The van der Waals surface area contributed by atoms with Gasteiger partial charge in [0.1, 0.15) is 11.1 Å². The van der Waals surface area contributed by atoms with Gasteiger partial charge in [-0.2, -0.15) is 0 Å². The molecule has 0 aromatic heterocycles. The van der Waals surface area contributed by atoms with Crippen LogP contribution in [0.5, 0.6) is 0 Å². The molecular weight excluding hydrogens is 254 g/mol. The Balaban J connectivity index is 2.24. The fourth-order valence-electron chi connectivity index (χ4n) is 2.90. The summed E-state index contributed by atoms with van der Waals surface area (Å²) in [6, 6.07) is 0. The molecule has 2 aliphatic rings. The number of carbonyl (C=O) groups is 1. The zero-order valence-corrected chi connectivity index (χ0v) is 11.8. The largest absolute Gasteiger partial charge is 0.444 e. The Labute approximate surface area is 112 Å². The highest BCUT2D eigenvalue weighted by Crippen LogP contribution is 2.44. The zero-order chi connectivity index (χ0) is 14.3. The molecule has 0 radical (unpaired) electrons. The van der Waals surface area contributed by atoms with E-state index >= 15 is 0 Å². The van der Waals surface area contributed by atoms with E-state index in [9.17, 15) is 13.6 Å². The van der Waals surface area contributed by atoms with Gasteiger partial charge in [-0.05, 0) is 40.0 Å². The van der Waals surface area contributed by atoms with Gasteiger partial charge in [0.25, 0.3) is 5.92 Å². The summed E-state index contributed by atoms with van der Waals surface area (Å²) in [5, 5.41) is 2.72. The monoisotopic (exact) mass is 276 g/mol. The van der Waals surface area contributed by atoms with E-state index in [-0.39, 0.29) is 13.1 Å². The van der Waals surface area contributed by atoms with Gasteiger partial charge in [0.05, 0.1) is 6.54 Å². The summed E-state index contributed by atoms with van der Waals surface area (Å²) in [6.07, 6.45) is 1.16. The van der Waals surface area contributed by atoms with Crippen LogP contribution >= 0.6 is 0 Å². The van der Waals surface area contributed by atoms with Gasteiger partial charge < -0.3 is 10.1 Å². The normalized spacial score (nSPS) is 30.7. The SMILES string of the molecule is CC(C)(C)OC(=O)N1CCCCC12CNCC2(F)F. The van der Waals surface area contributed by atoms with E-state index in [1.807, 2.05) is 0 Å². The maximum atomic E-state index is 14.2. The van der Waals surface area contributed by atoms with E-state index < -0.39 is 23.2 Å². The molecular formula is C13H22F2N2O2. The molecule has 0 bridgehead atoms. The van der Waals surface area contributed by atoms with E-state index in [4.69, 9.17) is 4.74 Å². The average Bonchev–Trinajstić information content (AvgIpc) is 2.53. The van der Waals surface area contributed by atoms with Crippen molar-refractivity contribution >= 4 is 6.09 Å². The van der Waals surface area contributed by atoms with Crippen molar-refractivity contribution in [1.29, 1.82) is 0 Å². The molecule has 19 heavy (non-hydrogen) atoms. The van der Waals surface area contributed by atoms with E-state index in [1.54, 1.807) is 20.8 Å². The average molecular weight is 276 g/mol. The number of nitrogens with zero attached hydrogens (tertiary/aromatic N) is 1. The van der Waals surface area contributed by atoms with Gasteiger partial charge in [-0.15, -0.1) is 0 Å². The highest BCUT2D eigenvalue weighted by Gasteiger charge is 2.62. The van der Waals surface area contributed by atoms with Crippen molar-refractivity contribution in [2.75, 3.05) is 19.6 Å². The van der Waals surface area contributed by atoms with Gasteiger partial charge in [-0.1, -0.05) is 0 Å². The first-order valence-electron chi connectivity index (χ1n) is 6.77. The fraction of sp³-hybridized carbons (Fsp3) is 0.923. The first-order valence-corrected chi connectivity index (χ1v) is 6.77. The number of ether oxygens (including phenoxy) is 1. The molecule has 1 unspecified atom stereocenters. The van der Waals surface area contributed by atoms with Crippen LogP contribution in [0, 0.1) is 0 Å². The Morgan fingerprint density at radius 2 is 1.95 bits per heavy atom. The number of alkyl halides is 2. The molecule has 1 atom stereocenters. The quantitative estimate of drug-likeness (QED) is 0.738. The molecule has 2 rings (SSSR count). The van der Waals surface area contributed by atoms with Gasteiger partial charge in [0.2, 0.25) is 0 Å². The number of hydrogen-bond acceptors (Lipinski definition) is 3. The van der Waals surface area contributed by atoms with Crippen LogP contribution in [0.1, 0.15) is 40.0 Å². The van der Waals surface area contributed by atoms with Crippen LogP contribution in [0.25, 0.3) is 0 Å². The van der Waals surface area contributed by atoms with Crippen molar-refractivity contribution < 1.29 is 18.3 Å². The molecule has 0 aromatic carbocycles. The second kappa shape index (κ2) is 4.58. The second-order valence-corrected chi connectivity index (χ2v) is 6.43. The molecule has 0 saturated carbocycles. The summed E-state index contributed by atoms with van der Waals surface area (Å²) in [7, 11) is 0. The topological polar surface area (TPSA) is 41.6 Å². The molecule has 0 aromatic rings. The van der Waals surface area contributed by atoms with Crippen molar-refractivity contribution in [3.63, 3.8) is 0 Å². The highest BCUT2D eigenvalue weighted by atomic mass is 19.3. The molecule has 2 saturated heterocycles. The number of rotatable bonds is 0. The van der Waals surface area contributed by atoms with Crippen molar-refractivity contribution in [3.8, 4) is 0 Å². The van der Waals surface area contributed by atoms with Crippen molar-refractivity contribution in [3.05, 3.63) is 0 Å². The summed E-state index contributed by atoms with van der Waals surface area (Å²) in [6.45, 7) is 5.34. The lowest BCUT2D eigenvalue weighted by molar-refractivity contribution is -0.124. The number of nitrogens with one attached hydrogen (secondary N) is 1. The molecule has 0 aliphatic carbocycles. The third kappa shape index (κ3) is 2.55. The summed E-state index contributed by atoms with van der Waals surface area (Å²) in [5.41, 5.74) is -2.08. The molecule has 2 fully saturated rings. The van der Waals surface area contributed by atoms with Crippen molar-refractivity contribution in [1.82, 2.24) is 10.2 Å². The van der Waals surface area contributed by atoms with Crippen LogP contribution in [0.2, 0.25) is 0 Å². The standard InChI is InChI=1S/C13H22F2N2O2/c1-11(2,3)19-10(18)17-7-5-4-6-12(17)8-16-9-13(12,14)15/h16H,4-9H2,1-3H3. The number of amides is 1. The summed E-state index contributed by atoms with van der Waals surface area (Å²) in [4.78, 5) is 13.5. The molecule has 1 spiro atoms. The Bertz CT molecular complexity index is 368. The zero-order valence-electron chi connectivity index (χ0n) is 11.8. The van der Waals surface area contributed by atoms with Gasteiger partial charge in [-0.25, -0.2) is 13.6 Å². The molecule has 6 heteroatoms. The molecule has 2 aliphatic heterocycles. The van der Waals surface area contributed by atoms with Gasteiger partial charge in [0.15, 0.2) is 0 Å². The maximum Gasteiger partial charge on any atom is 0.411 e. The van der Waals surface area contributed by atoms with Crippen LogP contribution in [0.4, 0.5) is 13.6 Å². The number of likely N-dealkylation sites (tertiary alicyclic amines) is 1. The number of piperidine rings is 1. The maximum absolute atomic E-state index is 14.2. The van der Waals surface area contributed by atoms with Gasteiger partial charge >= 0.3 is 6.09 Å². The summed E-state index contributed by atoms with van der Waals surface area (Å²) < 4.78 is 33.7. The Morgan fingerprint density at radius 3 is 2.47 bits per heavy atom. The smallest absolute Gasteiger partial charge is 0.411 e. The molecule has 2 heterocycles. The predicted octanol–water partition coefficient (Wildman–Crippen LogP) is 2.38. The minimum Gasteiger partial charge on any atom is -0.444 e. The lowest BCUT2D eigenvalue weighted by Gasteiger charge is -2.47. The van der Waals surface area contributed by atoms with E-state index in [1.165, 1.54) is 4.90 Å². The van der Waals surface area contributed by atoms with Crippen molar-refractivity contribution in [2.45, 2.75) is 57.1 Å². The number of hydrogen-bond donors (Lipinski definition) is 1. The first-order chi connectivity index (χ1) is 8.68. The minimum atomic E-state index is -2.90. The molecule has 4 nitrogen and oxygen atoms in total. The van der Waals surface area contributed by atoms with Crippen LogP contribution in [-0.4, -0.2) is 47.7 Å². The van der Waals surface area contributed by atoms with Crippen LogP contribution in [0.15, 0.2) is 0 Å².